The van der Waals surface area contributed by atoms with Crippen molar-refractivity contribution < 1.29 is 17.9 Å². The van der Waals surface area contributed by atoms with Gasteiger partial charge in [-0.1, -0.05) is 25.1 Å². The maximum atomic E-state index is 12.5. The quantitative estimate of drug-likeness (QED) is 0.838. The molecule has 3 nitrogen and oxygen atoms in total. The molecule has 1 aromatic carbocycles. The van der Waals surface area contributed by atoms with Crippen LogP contribution in [0, 0.1) is 0 Å². The van der Waals surface area contributed by atoms with E-state index >= 15 is 0 Å². The summed E-state index contributed by atoms with van der Waals surface area (Å²) in [6.45, 7) is -0.151. The van der Waals surface area contributed by atoms with Gasteiger partial charge in [-0.25, -0.2) is 0 Å². The number of ether oxygens (including phenoxy) is 1. The molecule has 1 atom stereocenters. The van der Waals surface area contributed by atoms with E-state index in [1.807, 2.05) is 13.0 Å². The molecule has 20 heavy (non-hydrogen) atoms. The summed E-state index contributed by atoms with van der Waals surface area (Å²) in [7, 11) is 0. The van der Waals surface area contributed by atoms with Crippen molar-refractivity contribution in [2.24, 2.45) is 0 Å². The molecule has 2 aromatic rings. The van der Waals surface area contributed by atoms with Gasteiger partial charge in [-0.2, -0.15) is 8.78 Å². The predicted molar refractivity (Wildman–Crippen MR) is 71.9 cm³/mol. The number of likely N-dealkylation sites (N-methyl/N-ethyl adjacent to an activating group) is 1. The monoisotopic (exact) mass is 281 g/mol. The molecule has 0 amide bonds. The van der Waals surface area contributed by atoms with Crippen LogP contribution in [0.3, 0.4) is 0 Å². The minimum atomic E-state index is -2.83. The van der Waals surface area contributed by atoms with Gasteiger partial charge in [0.05, 0.1) is 6.26 Å². The van der Waals surface area contributed by atoms with Gasteiger partial charge >= 0.3 is 6.61 Å². The van der Waals surface area contributed by atoms with Crippen LogP contribution in [0.15, 0.2) is 47.1 Å². The first-order valence-electron chi connectivity index (χ1n) is 6.50. The molecule has 0 radical (unpaired) electrons. The Hall–Kier alpha value is -1.88. The summed E-state index contributed by atoms with van der Waals surface area (Å²) < 4.78 is 34.8. The smallest absolute Gasteiger partial charge is 0.387 e. The number of rotatable bonds is 7. The topological polar surface area (TPSA) is 34.4 Å². The second-order valence-electron chi connectivity index (χ2n) is 4.31. The van der Waals surface area contributed by atoms with Crippen LogP contribution in [0.1, 0.15) is 24.3 Å². The van der Waals surface area contributed by atoms with E-state index in [2.05, 4.69) is 10.1 Å². The molecule has 0 saturated heterocycles. The number of para-hydroxylation sites is 1. The Bertz CT molecular complexity index is 514. The van der Waals surface area contributed by atoms with Crippen LogP contribution in [-0.4, -0.2) is 13.2 Å². The normalized spacial score (nSPS) is 12.6. The van der Waals surface area contributed by atoms with E-state index in [0.29, 0.717) is 18.5 Å². The molecule has 108 valence electrons. The summed E-state index contributed by atoms with van der Waals surface area (Å²) in [6, 6.07) is 10.3. The van der Waals surface area contributed by atoms with Gasteiger partial charge in [0.15, 0.2) is 0 Å². The van der Waals surface area contributed by atoms with E-state index in [4.69, 9.17) is 4.42 Å². The summed E-state index contributed by atoms with van der Waals surface area (Å²) in [6.07, 6.45) is 2.17. The molecule has 5 heteroatoms. The third kappa shape index (κ3) is 3.81. The van der Waals surface area contributed by atoms with Gasteiger partial charge in [-0.3, -0.25) is 0 Å². The Morgan fingerprint density at radius 3 is 2.65 bits per heavy atom. The van der Waals surface area contributed by atoms with Gasteiger partial charge < -0.3 is 14.5 Å². The fourth-order valence-corrected chi connectivity index (χ4v) is 2.14. The van der Waals surface area contributed by atoms with Crippen molar-refractivity contribution in [3.05, 3.63) is 54.0 Å². The van der Waals surface area contributed by atoms with Crippen molar-refractivity contribution in [2.45, 2.75) is 26.0 Å². The van der Waals surface area contributed by atoms with Crippen LogP contribution in [0.25, 0.3) is 0 Å². The van der Waals surface area contributed by atoms with Crippen LogP contribution in [0.5, 0.6) is 5.75 Å². The molecule has 0 bridgehead atoms. The Morgan fingerprint density at radius 1 is 1.20 bits per heavy atom. The number of hydrogen-bond acceptors (Lipinski definition) is 3. The Kier molecular flexibility index (Phi) is 5.12. The third-order valence-electron chi connectivity index (χ3n) is 2.95. The van der Waals surface area contributed by atoms with Crippen molar-refractivity contribution in [3.63, 3.8) is 0 Å². The highest BCUT2D eigenvalue weighted by atomic mass is 19.3. The molecule has 0 aliphatic rings. The van der Waals surface area contributed by atoms with E-state index in [1.165, 1.54) is 0 Å². The lowest BCUT2D eigenvalue weighted by atomic mass is 10.0. The van der Waals surface area contributed by atoms with Crippen LogP contribution < -0.4 is 10.1 Å². The van der Waals surface area contributed by atoms with Gasteiger partial charge in [0, 0.05) is 18.0 Å². The Balaban J connectivity index is 2.24. The van der Waals surface area contributed by atoms with Crippen LogP contribution in [0.2, 0.25) is 0 Å². The first-order chi connectivity index (χ1) is 9.70. The summed E-state index contributed by atoms with van der Waals surface area (Å²) in [4.78, 5) is 0. The molecule has 0 fully saturated rings. The van der Waals surface area contributed by atoms with E-state index < -0.39 is 6.61 Å². The maximum Gasteiger partial charge on any atom is 0.387 e. The number of furan rings is 1. The summed E-state index contributed by atoms with van der Waals surface area (Å²) >= 11 is 0. The van der Waals surface area contributed by atoms with Crippen molar-refractivity contribution in [1.82, 2.24) is 5.32 Å². The maximum absolute atomic E-state index is 12.5. The molecule has 1 N–H and O–H groups in total. The van der Waals surface area contributed by atoms with Crippen molar-refractivity contribution in [2.75, 3.05) is 6.54 Å². The molecular formula is C15H17F2NO2. The fraction of sp³-hybridized carbons (Fsp3) is 0.333. The van der Waals surface area contributed by atoms with Crippen LogP contribution >= 0.6 is 0 Å². The SMILES string of the molecule is CCNC(Cc1ccco1)c1ccccc1OC(F)F. The third-order valence-corrected chi connectivity index (χ3v) is 2.95. The average molecular weight is 281 g/mol. The number of hydrogen-bond donors (Lipinski definition) is 1. The lowest BCUT2D eigenvalue weighted by Crippen LogP contribution is -2.23. The van der Waals surface area contributed by atoms with Gasteiger partial charge in [-0.15, -0.1) is 0 Å². The van der Waals surface area contributed by atoms with Gasteiger partial charge in [0.2, 0.25) is 0 Å². The summed E-state index contributed by atoms with van der Waals surface area (Å²) in [5, 5.41) is 3.27. The molecule has 1 heterocycles. The number of alkyl halides is 2. The molecule has 0 aliphatic carbocycles. The first kappa shape index (κ1) is 14.5. The molecular weight excluding hydrogens is 264 g/mol. The van der Waals surface area contributed by atoms with Crippen molar-refractivity contribution in [3.8, 4) is 5.75 Å². The Morgan fingerprint density at radius 2 is 2.00 bits per heavy atom. The largest absolute Gasteiger partial charge is 0.469 e. The molecule has 1 aromatic heterocycles. The zero-order chi connectivity index (χ0) is 14.4. The highest BCUT2D eigenvalue weighted by Gasteiger charge is 2.18. The number of benzene rings is 1. The van der Waals surface area contributed by atoms with E-state index in [1.54, 1.807) is 36.6 Å². The number of nitrogens with one attached hydrogen (secondary N) is 1. The first-order valence-corrected chi connectivity index (χ1v) is 6.50. The van der Waals surface area contributed by atoms with Crippen molar-refractivity contribution >= 4 is 0 Å². The summed E-state index contributed by atoms with van der Waals surface area (Å²) in [5.41, 5.74) is 0.700. The van der Waals surface area contributed by atoms with E-state index in [0.717, 1.165) is 5.76 Å². The lowest BCUT2D eigenvalue weighted by Gasteiger charge is -2.20. The van der Waals surface area contributed by atoms with Gasteiger partial charge in [-0.05, 0) is 24.7 Å². The molecule has 0 spiro atoms. The fourth-order valence-electron chi connectivity index (χ4n) is 2.14. The summed E-state index contributed by atoms with van der Waals surface area (Å²) in [5.74, 6) is 0.989. The van der Waals surface area contributed by atoms with E-state index in [-0.39, 0.29) is 11.8 Å². The second-order valence-corrected chi connectivity index (χ2v) is 4.31. The van der Waals surface area contributed by atoms with Gasteiger partial charge in [0.1, 0.15) is 11.5 Å². The van der Waals surface area contributed by atoms with Crippen LogP contribution in [0.4, 0.5) is 8.78 Å². The van der Waals surface area contributed by atoms with Crippen LogP contribution in [-0.2, 0) is 6.42 Å². The minimum Gasteiger partial charge on any atom is -0.469 e. The molecule has 1 unspecified atom stereocenters. The zero-order valence-corrected chi connectivity index (χ0v) is 11.2. The highest BCUT2D eigenvalue weighted by Crippen LogP contribution is 2.28. The van der Waals surface area contributed by atoms with Crippen molar-refractivity contribution in [1.29, 1.82) is 0 Å². The van der Waals surface area contributed by atoms with Gasteiger partial charge in [0.25, 0.3) is 0 Å². The minimum absolute atomic E-state index is 0.138. The lowest BCUT2D eigenvalue weighted by molar-refractivity contribution is -0.0507. The Labute approximate surface area is 116 Å². The van der Waals surface area contributed by atoms with E-state index in [9.17, 15) is 8.78 Å². The predicted octanol–water partition coefficient (Wildman–Crippen LogP) is 3.77. The molecule has 0 saturated carbocycles. The zero-order valence-electron chi connectivity index (χ0n) is 11.2. The molecule has 2 rings (SSSR count). The number of halogens is 2. The molecule has 0 aliphatic heterocycles. The second kappa shape index (κ2) is 7.05. The highest BCUT2D eigenvalue weighted by molar-refractivity contribution is 5.36. The average Bonchev–Trinajstić information content (AvgIpc) is 2.91. The standard InChI is InChI=1S/C15H17F2NO2/c1-2-18-13(10-11-6-5-9-19-11)12-7-3-4-8-14(12)20-15(16)17/h3-9,13,15,18H,2,10H2,1H3.